The fourth-order valence-corrected chi connectivity index (χ4v) is 6.85. The number of phosphoric ester groups is 1. The molecule has 0 fully saturated rings. The first-order valence-corrected chi connectivity index (χ1v) is 23.6. The van der Waals surface area contributed by atoms with Gasteiger partial charge in [0.1, 0.15) is 19.8 Å². The van der Waals surface area contributed by atoms with Gasteiger partial charge in [-0.15, -0.1) is 0 Å². The molecule has 0 heterocycles. The summed E-state index contributed by atoms with van der Waals surface area (Å²) in [5, 5.41) is 0. The average Bonchev–Trinajstić information content (AvgIpc) is 3.11. The Morgan fingerprint density at radius 2 is 1.00 bits per heavy atom. The van der Waals surface area contributed by atoms with Crippen molar-refractivity contribution in [3.8, 4) is 0 Å². The molecule has 0 spiro atoms. The molecule has 0 aliphatic carbocycles. The van der Waals surface area contributed by atoms with Crippen LogP contribution in [-0.4, -0.2) is 64.1 Å². The number of ether oxygens (including phenoxy) is 2. The minimum Gasteiger partial charge on any atom is -0.756 e. The number of likely N-dealkylation sites (N-methyl/N-ethyl adjacent to an activating group) is 1. The second-order valence-electron chi connectivity index (χ2n) is 16.1. The van der Waals surface area contributed by atoms with E-state index in [4.69, 9.17) is 18.5 Å². The number of hydrogen-bond acceptors (Lipinski definition) is 7. The molecular formula is C44H86NO7P. The van der Waals surface area contributed by atoms with E-state index in [0.717, 1.165) is 19.3 Å². The quantitative estimate of drug-likeness (QED) is 0.0152. The van der Waals surface area contributed by atoms with Crippen LogP contribution in [0, 0.1) is 0 Å². The van der Waals surface area contributed by atoms with Gasteiger partial charge in [-0.05, 0) is 38.2 Å². The topological polar surface area (TPSA) is 94.1 Å². The molecule has 0 aromatic rings. The predicted molar refractivity (Wildman–Crippen MR) is 222 cm³/mol. The van der Waals surface area contributed by atoms with Crippen molar-refractivity contribution in [2.45, 2.75) is 206 Å². The smallest absolute Gasteiger partial charge is 0.306 e. The Bertz CT molecular complexity index is 905. The Kier molecular flexibility index (Phi) is 36.9. The predicted octanol–water partition coefficient (Wildman–Crippen LogP) is 12.5. The summed E-state index contributed by atoms with van der Waals surface area (Å²) in [6.45, 7) is 4.71. The average molecular weight is 772 g/mol. The van der Waals surface area contributed by atoms with Crippen LogP contribution in [0.3, 0.4) is 0 Å². The molecule has 0 radical (unpaired) electrons. The molecule has 0 saturated carbocycles. The molecule has 314 valence electrons. The van der Waals surface area contributed by atoms with E-state index in [2.05, 4.69) is 19.9 Å². The van der Waals surface area contributed by atoms with Gasteiger partial charge in [-0.1, -0.05) is 174 Å². The number of carbonyl (C=O) groups is 1. The van der Waals surface area contributed by atoms with Crippen LogP contribution in [0.4, 0.5) is 0 Å². The van der Waals surface area contributed by atoms with Gasteiger partial charge >= 0.3 is 5.97 Å². The molecule has 8 nitrogen and oxygen atoms in total. The zero-order valence-electron chi connectivity index (χ0n) is 35.5. The van der Waals surface area contributed by atoms with Crippen molar-refractivity contribution in [1.29, 1.82) is 0 Å². The Hall–Kier alpha value is -1.18. The Balaban J connectivity index is 4.31. The zero-order valence-corrected chi connectivity index (χ0v) is 36.4. The van der Waals surface area contributed by atoms with Crippen molar-refractivity contribution in [2.75, 3.05) is 47.5 Å². The first-order valence-electron chi connectivity index (χ1n) is 22.1. The summed E-state index contributed by atoms with van der Waals surface area (Å²) < 4.78 is 34.3. The van der Waals surface area contributed by atoms with Gasteiger partial charge in [0.2, 0.25) is 0 Å². The third-order valence-corrected chi connectivity index (χ3v) is 10.5. The highest BCUT2D eigenvalue weighted by atomic mass is 31.2. The summed E-state index contributed by atoms with van der Waals surface area (Å²) in [5.74, 6) is -0.403. The third-order valence-electron chi connectivity index (χ3n) is 9.58. The van der Waals surface area contributed by atoms with Gasteiger partial charge in [-0.3, -0.25) is 9.36 Å². The van der Waals surface area contributed by atoms with Crippen molar-refractivity contribution in [3.63, 3.8) is 0 Å². The molecule has 2 unspecified atom stereocenters. The maximum atomic E-state index is 12.6. The molecule has 0 aromatic heterocycles. The van der Waals surface area contributed by atoms with E-state index in [1.807, 2.05) is 33.3 Å². The molecule has 0 aliphatic rings. The molecule has 9 heteroatoms. The van der Waals surface area contributed by atoms with Gasteiger partial charge in [0.05, 0.1) is 34.0 Å². The summed E-state index contributed by atoms with van der Waals surface area (Å²) in [6.07, 6.45) is 42.9. The SMILES string of the molecule is CCCCCCCCCCCCC/C=C\CCC(=O)OC(CO/C=C/CCCCCCCCCCCCCCCC)COP(=O)([O-])OCC[N+](C)(C)C. The molecule has 53 heavy (non-hydrogen) atoms. The fraction of sp³-hybridized carbons (Fsp3) is 0.886. The third kappa shape index (κ3) is 41.8. The van der Waals surface area contributed by atoms with Crippen molar-refractivity contribution < 1.29 is 37.3 Å². The first kappa shape index (κ1) is 51.8. The lowest BCUT2D eigenvalue weighted by Crippen LogP contribution is -2.37. The number of esters is 1. The van der Waals surface area contributed by atoms with E-state index < -0.39 is 19.9 Å². The second-order valence-corrected chi connectivity index (χ2v) is 17.5. The number of unbranched alkanes of at least 4 members (excludes halogenated alkanes) is 25. The minimum atomic E-state index is -4.54. The van der Waals surface area contributed by atoms with Gasteiger partial charge in [-0.2, -0.15) is 0 Å². The number of hydrogen-bond donors (Lipinski definition) is 0. The Labute approximate surface area is 328 Å². The van der Waals surface area contributed by atoms with Crippen molar-refractivity contribution >= 4 is 13.8 Å². The highest BCUT2D eigenvalue weighted by molar-refractivity contribution is 7.45. The highest BCUT2D eigenvalue weighted by Gasteiger charge is 2.20. The van der Waals surface area contributed by atoms with Crippen LogP contribution in [0.1, 0.15) is 200 Å². The normalized spacial score (nSPS) is 13.9. The molecule has 2 atom stereocenters. The number of phosphoric acid groups is 1. The minimum absolute atomic E-state index is 0.00849. The Morgan fingerprint density at radius 1 is 0.585 bits per heavy atom. The maximum absolute atomic E-state index is 12.6. The summed E-state index contributed by atoms with van der Waals surface area (Å²) in [4.78, 5) is 25.0. The van der Waals surface area contributed by atoms with E-state index in [0.29, 0.717) is 17.4 Å². The lowest BCUT2D eigenvalue weighted by atomic mass is 10.0. The van der Waals surface area contributed by atoms with Gasteiger partial charge in [0.15, 0.2) is 6.10 Å². The van der Waals surface area contributed by atoms with Crippen LogP contribution in [0.5, 0.6) is 0 Å². The van der Waals surface area contributed by atoms with Crippen molar-refractivity contribution in [2.24, 2.45) is 0 Å². The number of carbonyl (C=O) groups excluding carboxylic acids is 1. The highest BCUT2D eigenvalue weighted by Crippen LogP contribution is 2.38. The van der Waals surface area contributed by atoms with Crippen LogP contribution in [0.15, 0.2) is 24.5 Å². The summed E-state index contributed by atoms with van der Waals surface area (Å²) >= 11 is 0. The molecule has 0 bridgehead atoms. The summed E-state index contributed by atoms with van der Waals surface area (Å²) in [6, 6.07) is 0. The maximum Gasteiger partial charge on any atom is 0.306 e. The number of quaternary nitrogens is 1. The van der Waals surface area contributed by atoms with Crippen LogP contribution in [0.25, 0.3) is 0 Å². The molecule has 0 rings (SSSR count). The van der Waals surface area contributed by atoms with Gasteiger partial charge in [0, 0.05) is 6.42 Å². The van der Waals surface area contributed by atoms with Gasteiger partial charge < -0.3 is 27.9 Å². The van der Waals surface area contributed by atoms with Crippen LogP contribution < -0.4 is 4.89 Å². The summed E-state index contributed by atoms with van der Waals surface area (Å²) in [5.41, 5.74) is 0. The zero-order chi connectivity index (χ0) is 39.1. The molecule has 0 amide bonds. The van der Waals surface area contributed by atoms with E-state index in [9.17, 15) is 14.3 Å². The van der Waals surface area contributed by atoms with E-state index in [1.54, 1.807) is 6.26 Å². The van der Waals surface area contributed by atoms with E-state index in [1.165, 1.54) is 154 Å². The lowest BCUT2D eigenvalue weighted by molar-refractivity contribution is -0.870. The van der Waals surface area contributed by atoms with Gasteiger partial charge in [0.25, 0.3) is 7.82 Å². The standard InChI is InChI=1S/C44H86NO7P/c1-6-8-10-12-14-16-18-20-22-24-26-28-30-32-34-36-39-49-41-43(42-51-53(47,48)50-40-38-45(3,4)5)52-44(46)37-35-33-31-29-27-25-23-21-19-17-15-13-11-9-7-2/h31,33,36,39,43H,6-30,32,34-35,37-38,40-42H2,1-5H3/b33-31-,39-36+. The van der Waals surface area contributed by atoms with Crippen molar-refractivity contribution in [1.82, 2.24) is 0 Å². The van der Waals surface area contributed by atoms with Crippen LogP contribution >= 0.6 is 7.82 Å². The molecule has 0 N–H and O–H groups in total. The Morgan fingerprint density at radius 3 is 1.45 bits per heavy atom. The molecule has 0 aliphatic heterocycles. The first-order chi connectivity index (χ1) is 25.6. The summed E-state index contributed by atoms with van der Waals surface area (Å²) in [7, 11) is 1.31. The van der Waals surface area contributed by atoms with Gasteiger partial charge in [-0.25, -0.2) is 0 Å². The molecular weight excluding hydrogens is 685 g/mol. The van der Waals surface area contributed by atoms with E-state index >= 15 is 0 Å². The number of rotatable bonds is 41. The number of allylic oxidation sites excluding steroid dienone is 3. The lowest BCUT2D eigenvalue weighted by Gasteiger charge is -2.28. The molecule has 0 saturated heterocycles. The fourth-order valence-electron chi connectivity index (χ4n) is 6.12. The van der Waals surface area contributed by atoms with E-state index in [-0.39, 0.29) is 26.2 Å². The monoisotopic (exact) mass is 772 g/mol. The van der Waals surface area contributed by atoms with Crippen LogP contribution in [0.2, 0.25) is 0 Å². The number of nitrogens with zero attached hydrogens (tertiary/aromatic N) is 1. The van der Waals surface area contributed by atoms with Crippen LogP contribution in [-0.2, 0) is 27.9 Å². The second kappa shape index (κ2) is 37.7. The molecule has 0 aromatic carbocycles. The van der Waals surface area contributed by atoms with Crippen molar-refractivity contribution in [3.05, 3.63) is 24.5 Å². The largest absolute Gasteiger partial charge is 0.756 e.